The third-order valence-corrected chi connectivity index (χ3v) is 4.12. The van der Waals surface area contributed by atoms with Gasteiger partial charge in [0.2, 0.25) is 0 Å². The molecule has 0 unspecified atom stereocenters. The molecule has 0 amide bonds. The number of hydrogen-bond acceptors (Lipinski definition) is 3. The van der Waals surface area contributed by atoms with Crippen LogP contribution in [-0.2, 0) is 13.1 Å². The van der Waals surface area contributed by atoms with Gasteiger partial charge in [0.15, 0.2) is 17.5 Å². The molecule has 0 aromatic heterocycles. The summed E-state index contributed by atoms with van der Waals surface area (Å²) in [6.07, 6.45) is 0.906. The molecule has 2 aromatic rings. The molecular weight excluding hydrogens is 465 g/mol. The number of fused-ring (bicyclic) bond motifs is 1. The first kappa shape index (κ1) is 20.6. The van der Waals surface area contributed by atoms with Crippen molar-refractivity contribution in [2.24, 2.45) is 4.99 Å². The topological polar surface area (TPSA) is 54.9 Å². The van der Waals surface area contributed by atoms with Gasteiger partial charge in [-0.25, -0.2) is 0 Å². The smallest absolute Gasteiger partial charge is 0.191 e. The Morgan fingerprint density at radius 2 is 1.58 bits per heavy atom. The van der Waals surface area contributed by atoms with Gasteiger partial charge in [-0.3, -0.25) is 4.99 Å². The Labute approximate surface area is 176 Å². The van der Waals surface area contributed by atoms with Gasteiger partial charge in [0.1, 0.15) is 0 Å². The van der Waals surface area contributed by atoms with Crippen molar-refractivity contribution < 1.29 is 9.47 Å². The van der Waals surface area contributed by atoms with Gasteiger partial charge >= 0.3 is 0 Å². The Hall–Kier alpha value is -1.67. The fourth-order valence-electron chi connectivity index (χ4n) is 2.51. The van der Waals surface area contributed by atoms with Gasteiger partial charge in [-0.2, -0.15) is 0 Å². The second kappa shape index (κ2) is 10.5. The fraction of sp³-hybridized carbons (Fsp3) is 0.316. The molecule has 0 aliphatic carbocycles. The summed E-state index contributed by atoms with van der Waals surface area (Å²) in [7, 11) is 1.76. The predicted molar refractivity (Wildman–Crippen MR) is 116 cm³/mol. The molecule has 140 valence electrons. The molecule has 0 spiro atoms. The third kappa shape index (κ3) is 5.95. The fourth-order valence-corrected chi connectivity index (χ4v) is 2.64. The van der Waals surface area contributed by atoms with E-state index in [9.17, 15) is 0 Å². The Bertz CT molecular complexity index is 738. The zero-order chi connectivity index (χ0) is 17.5. The van der Waals surface area contributed by atoms with Crippen LogP contribution in [-0.4, -0.2) is 26.2 Å². The minimum Gasteiger partial charge on any atom is -0.490 e. The lowest BCUT2D eigenvalue weighted by Gasteiger charge is -2.13. The molecule has 1 aliphatic heterocycles. The van der Waals surface area contributed by atoms with Crippen LogP contribution in [0.25, 0.3) is 0 Å². The Kier molecular flexibility index (Phi) is 8.31. The molecule has 1 heterocycles. The first-order valence-electron chi connectivity index (χ1n) is 8.32. The van der Waals surface area contributed by atoms with Crippen molar-refractivity contribution in [2.45, 2.75) is 19.5 Å². The average molecular weight is 488 g/mol. The lowest BCUT2D eigenvalue weighted by molar-refractivity contribution is 0.297. The molecule has 7 heteroatoms. The van der Waals surface area contributed by atoms with Crippen LogP contribution in [0.1, 0.15) is 17.5 Å². The van der Waals surface area contributed by atoms with E-state index in [1.807, 2.05) is 42.5 Å². The van der Waals surface area contributed by atoms with Gasteiger partial charge in [-0.1, -0.05) is 29.8 Å². The molecule has 5 nitrogen and oxygen atoms in total. The van der Waals surface area contributed by atoms with E-state index in [0.29, 0.717) is 26.3 Å². The van der Waals surface area contributed by atoms with Crippen LogP contribution < -0.4 is 20.1 Å². The first-order valence-corrected chi connectivity index (χ1v) is 8.70. The molecule has 2 N–H and O–H groups in total. The molecule has 0 saturated carbocycles. The van der Waals surface area contributed by atoms with Gasteiger partial charge in [0.25, 0.3) is 0 Å². The van der Waals surface area contributed by atoms with Crippen LogP contribution in [0.3, 0.4) is 0 Å². The largest absolute Gasteiger partial charge is 0.490 e. The second-order valence-electron chi connectivity index (χ2n) is 5.74. The summed E-state index contributed by atoms with van der Waals surface area (Å²) < 4.78 is 11.4. The molecular formula is C19H23ClIN3O2. The SMILES string of the molecule is CN=C(NCc1ccc(Cl)cc1)NCc1ccc2c(c1)OCCCO2.I. The number of nitrogens with one attached hydrogen (secondary N) is 2. The van der Waals surface area contributed by atoms with Crippen molar-refractivity contribution in [2.75, 3.05) is 20.3 Å². The monoisotopic (exact) mass is 487 g/mol. The van der Waals surface area contributed by atoms with Crippen LogP contribution in [0.2, 0.25) is 5.02 Å². The molecule has 0 fully saturated rings. The van der Waals surface area contributed by atoms with Crippen LogP contribution >= 0.6 is 35.6 Å². The maximum absolute atomic E-state index is 5.90. The number of benzene rings is 2. The third-order valence-electron chi connectivity index (χ3n) is 3.87. The van der Waals surface area contributed by atoms with E-state index in [1.165, 1.54) is 0 Å². The summed E-state index contributed by atoms with van der Waals surface area (Å²) >= 11 is 5.90. The first-order chi connectivity index (χ1) is 12.2. The van der Waals surface area contributed by atoms with Gasteiger partial charge in [0.05, 0.1) is 13.2 Å². The number of hydrogen-bond donors (Lipinski definition) is 2. The summed E-state index contributed by atoms with van der Waals surface area (Å²) in [6, 6.07) is 13.8. The van der Waals surface area contributed by atoms with E-state index in [0.717, 1.165) is 40.0 Å². The Balaban J connectivity index is 0.00000243. The number of rotatable bonds is 4. The second-order valence-corrected chi connectivity index (χ2v) is 6.17. The minimum atomic E-state index is 0. The van der Waals surface area contributed by atoms with Crippen LogP contribution in [0.4, 0.5) is 0 Å². The number of nitrogens with zero attached hydrogens (tertiary/aromatic N) is 1. The molecule has 1 aliphatic rings. The summed E-state index contributed by atoms with van der Waals surface area (Å²) in [5.74, 6) is 2.36. The highest BCUT2D eigenvalue weighted by Gasteiger charge is 2.10. The van der Waals surface area contributed by atoms with Crippen molar-refractivity contribution in [3.63, 3.8) is 0 Å². The van der Waals surface area contributed by atoms with Crippen LogP contribution in [0, 0.1) is 0 Å². The van der Waals surface area contributed by atoms with Gasteiger partial charge in [-0.15, -0.1) is 24.0 Å². The van der Waals surface area contributed by atoms with Crippen LogP contribution in [0.15, 0.2) is 47.5 Å². The van der Waals surface area contributed by atoms with Crippen LogP contribution in [0.5, 0.6) is 11.5 Å². The van der Waals surface area contributed by atoms with Gasteiger partial charge in [0, 0.05) is 31.6 Å². The number of guanidine groups is 1. The van der Waals surface area contributed by atoms with E-state index in [-0.39, 0.29) is 24.0 Å². The molecule has 26 heavy (non-hydrogen) atoms. The maximum Gasteiger partial charge on any atom is 0.191 e. The zero-order valence-corrected chi connectivity index (χ0v) is 17.7. The lowest BCUT2D eigenvalue weighted by atomic mass is 10.2. The van der Waals surface area contributed by atoms with E-state index < -0.39 is 0 Å². The van der Waals surface area contributed by atoms with E-state index in [4.69, 9.17) is 21.1 Å². The quantitative estimate of drug-likeness (QED) is 0.389. The average Bonchev–Trinajstić information content (AvgIpc) is 2.88. The summed E-state index contributed by atoms with van der Waals surface area (Å²) in [4.78, 5) is 4.25. The van der Waals surface area contributed by atoms with Crippen molar-refractivity contribution in [3.05, 3.63) is 58.6 Å². The number of halogens is 2. The standard InChI is InChI=1S/C19H22ClN3O2.HI/c1-21-19(22-12-14-3-6-16(20)7-4-14)23-13-15-5-8-17-18(11-15)25-10-2-9-24-17;/h3-8,11H,2,9-10,12-13H2,1H3,(H2,21,22,23);1H. The Morgan fingerprint density at radius 3 is 2.27 bits per heavy atom. The zero-order valence-electron chi connectivity index (χ0n) is 14.6. The van der Waals surface area contributed by atoms with Crippen molar-refractivity contribution >= 4 is 41.5 Å². The molecule has 0 radical (unpaired) electrons. The predicted octanol–water partition coefficient (Wildman–Crippen LogP) is 3.98. The van der Waals surface area contributed by atoms with E-state index in [2.05, 4.69) is 15.6 Å². The summed E-state index contributed by atoms with van der Waals surface area (Å²) in [5, 5.41) is 7.33. The maximum atomic E-state index is 5.90. The normalized spacial score (nSPS) is 13.4. The highest BCUT2D eigenvalue weighted by Crippen LogP contribution is 2.30. The molecule has 0 bridgehead atoms. The lowest BCUT2D eigenvalue weighted by Crippen LogP contribution is -2.36. The van der Waals surface area contributed by atoms with Gasteiger partial charge in [-0.05, 0) is 35.4 Å². The summed E-state index contributed by atoms with van der Waals surface area (Å²) in [5.41, 5.74) is 2.25. The van der Waals surface area contributed by atoms with Crippen molar-refractivity contribution in [1.29, 1.82) is 0 Å². The van der Waals surface area contributed by atoms with Crippen molar-refractivity contribution in [3.8, 4) is 11.5 Å². The number of aliphatic imine (C=N–C) groups is 1. The minimum absolute atomic E-state index is 0. The van der Waals surface area contributed by atoms with E-state index >= 15 is 0 Å². The highest BCUT2D eigenvalue weighted by atomic mass is 127. The summed E-state index contributed by atoms with van der Waals surface area (Å²) in [6.45, 7) is 2.72. The molecule has 0 atom stereocenters. The molecule has 2 aromatic carbocycles. The Morgan fingerprint density at radius 1 is 0.962 bits per heavy atom. The number of ether oxygens (including phenoxy) is 2. The highest BCUT2D eigenvalue weighted by molar-refractivity contribution is 14.0. The molecule has 0 saturated heterocycles. The van der Waals surface area contributed by atoms with Gasteiger partial charge < -0.3 is 20.1 Å². The van der Waals surface area contributed by atoms with E-state index in [1.54, 1.807) is 7.05 Å². The molecule has 3 rings (SSSR count). The van der Waals surface area contributed by atoms with Crippen molar-refractivity contribution in [1.82, 2.24) is 10.6 Å².